The van der Waals surface area contributed by atoms with Crippen LogP contribution in [0.2, 0.25) is 0 Å². The van der Waals surface area contributed by atoms with Gasteiger partial charge in [-0.15, -0.1) is 0 Å². The summed E-state index contributed by atoms with van der Waals surface area (Å²) in [6.07, 6.45) is 3.53. The Morgan fingerprint density at radius 1 is 1.58 bits per heavy atom. The fraction of sp³-hybridized carbons (Fsp3) is 0. The van der Waals surface area contributed by atoms with Crippen molar-refractivity contribution >= 4 is 59.7 Å². The van der Waals surface area contributed by atoms with Crippen LogP contribution in [0, 0.1) is 3.57 Å². The van der Waals surface area contributed by atoms with Gasteiger partial charge in [0, 0.05) is 21.4 Å². The molecular weight excluding hydrogens is 282 g/mol. The van der Waals surface area contributed by atoms with Gasteiger partial charge in [0.1, 0.15) is 7.85 Å². The Morgan fingerprint density at radius 3 is 3.08 bits per heavy atom. The molecular formula is C7H4BIN2S. The molecule has 0 spiro atoms. The average molecular weight is 286 g/mol. The van der Waals surface area contributed by atoms with Crippen LogP contribution in [0.4, 0.5) is 0 Å². The maximum Gasteiger partial charge on any atom is 0.150 e. The number of aromatic nitrogens is 2. The summed E-state index contributed by atoms with van der Waals surface area (Å²) in [7, 11) is 5.60. The van der Waals surface area contributed by atoms with Gasteiger partial charge in [0.2, 0.25) is 0 Å². The first-order valence-corrected chi connectivity index (χ1v) is 4.77. The van der Waals surface area contributed by atoms with Gasteiger partial charge in [0.25, 0.3) is 0 Å². The lowest BCUT2D eigenvalue weighted by Gasteiger charge is -1.94. The van der Waals surface area contributed by atoms with Crippen LogP contribution >= 0.6 is 35.4 Å². The van der Waals surface area contributed by atoms with E-state index in [9.17, 15) is 0 Å². The molecule has 12 heavy (non-hydrogen) atoms. The summed E-state index contributed by atoms with van der Waals surface area (Å²) in [5.74, 6) is 0. The number of nitrogens with zero attached hydrogens (tertiary/aromatic N) is 2. The second kappa shape index (κ2) is 2.95. The van der Waals surface area contributed by atoms with Crippen LogP contribution in [0.25, 0.3) is 11.0 Å². The second-order valence-electron chi connectivity index (χ2n) is 2.46. The fourth-order valence-electron chi connectivity index (χ4n) is 1.07. The molecule has 0 unspecified atom stereocenters. The maximum atomic E-state index is 5.60. The lowest BCUT2D eigenvalue weighted by atomic mass is 9.98. The molecule has 2 heterocycles. The summed E-state index contributed by atoms with van der Waals surface area (Å²) >= 11 is 6.44. The van der Waals surface area contributed by atoms with Crippen LogP contribution in [-0.4, -0.2) is 16.8 Å². The molecule has 2 nitrogen and oxygen atoms in total. The summed E-state index contributed by atoms with van der Waals surface area (Å²) < 4.78 is 2.80. The van der Waals surface area contributed by atoms with Crippen molar-refractivity contribution in [2.45, 2.75) is 0 Å². The molecule has 0 bridgehead atoms. The molecule has 0 fully saturated rings. The van der Waals surface area contributed by atoms with Gasteiger partial charge in [0.05, 0.1) is 0 Å². The van der Waals surface area contributed by atoms with Gasteiger partial charge in [-0.05, 0) is 22.6 Å². The molecule has 0 amide bonds. The third kappa shape index (κ3) is 1.24. The zero-order valence-corrected chi connectivity index (χ0v) is 9.08. The van der Waals surface area contributed by atoms with Crippen molar-refractivity contribution in [1.29, 1.82) is 0 Å². The van der Waals surface area contributed by atoms with E-state index < -0.39 is 0 Å². The summed E-state index contributed by atoms with van der Waals surface area (Å²) in [4.78, 5) is 4.16. The molecule has 0 aliphatic heterocycles. The summed E-state index contributed by atoms with van der Waals surface area (Å²) in [6.45, 7) is 0. The first kappa shape index (κ1) is 8.43. The van der Waals surface area contributed by atoms with E-state index in [4.69, 9.17) is 7.85 Å². The van der Waals surface area contributed by atoms with Crippen molar-refractivity contribution in [2.24, 2.45) is 0 Å². The third-order valence-electron chi connectivity index (χ3n) is 1.60. The van der Waals surface area contributed by atoms with Crippen LogP contribution < -0.4 is 5.46 Å². The van der Waals surface area contributed by atoms with Crippen molar-refractivity contribution in [3.63, 3.8) is 0 Å². The van der Waals surface area contributed by atoms with Crippen molar-refractivity contribution in [2.75, 3.05) is 0 Å². The van der Waals surface area contributed by atoms with Crippen molar-refractivity contribution in [3.8, 4) is 0 Å². The van der Waals surface area contributed by atoms with Crippen molar-refractivity contribution < 1.29 is 0 Å². The number of halogens is 1. The Hall–Kier alpha value is -0.165. The minimum Gasteiger partial charge on any atom is -0.277 e. The topological polar surface area (TPSA) is 17.8 Å². The molecule has 2 rings (SSSR count). The molecule has 2 radical (unpaired) electrons. The molecule has 0 saturated carbocycles. The number of thiol groups is 1. The van der Waals surface area contributed by atoms with E-state index in [1.54, 1.807) is 10.2 Å². The number of pyridine rings is 1. The van der Waals surface area contributed by atoms with E-state index in [1.165, 1.54) is 0 Å². The highest BCUT2D eigenvalue weighted by Crippen LogP contribution is 2.20. The SMILES string of the molecule is [B]c1cnc2c(c1)c(I)cn2S. The quantitative estimate of drug-likeness (QED) is 0.436. The molecule has 0 aliphatic carbocycles. The average Bonchev–Trinajstić information content (AvgIpc) is 2.28. The Morgan fingerprint density at radius 2 is 2.33 bits per heavy atom. The molecule has 2 aromatic heterocycles. The summed E-state index contributed by atoms with van der Waals surface area (Å²) in [6, 6.07) is 1.90. The summed E-state index contributed by atoms with van der Waals surface area (Å²) in [5.41, 5.74) is 1.52. The molecule has 0 aliphatic rings. The van der Waals surface area contributed by atoms with Gasteiger partial charge < -0.3 is 0 Å². The number of rotatable bonds is 0. The standard InChI is InChI=1S/C7H4BIN2S/c8-4-1-5-6(9)3-11(12)7(5)10-2-4/h1-3,12H. The third-order valence-corrected chi connectivity index (χ3v) is 2.76. The lowest BCUT2D eigenvalue weighted by Crippen LogP contribution is -2.02. The molecule has 58 valence electrons. The highest BCUT2D eigenvalue weighted by Gasteiger charge is 2.04. The van der Waals surface area contributed by atoms with Gasteiger partial charge in [-0.1, -0.05) is 24.3 Å². The largest absolute Gasteiger partial charge is 0.277 e. The van der Waals surface area contributed by atoms with Gasteiger partial charge in [-0.3, -0.25) is 3.97 Å². The van der Waals surface area contributed by atoms with Crippen LogP contribution in [0.15, 0.2) is 18.5 Å². The van der Waals surface area contributed by atoms with E-state index in [1.807, 2.05) is 12.3 Å². The van der Waals surface area contributed by atoms with Crippen molar-refractivity contribution in [1.82, 2.24) is 8.96 Å². The zero-order valence-electron chi connectivity index (χ0n) is 6.03. The highest BCUT2D eigenvalue weighted by atomic mass is 127. The second-order valence-corrected chi connectivity index (χ2v) is 4.05. The van der Waals surface area contributed by atoms with Crippen LogP contribution in [0.1, 0.15) is 0 Å². The van der Waals surface area contributed by atoms with E-state index >= 15 is 0 Å². The first-order chi connectivity index (χ1) is 5.68. The fourth-order valence-corrected chi connectivity index (χ4v) is 2.24. The minimum absolute atomic E-state index is 0.681. The molecule has 0 saturated heterocycles. The number of fused-ring (bicyclic) bond motifs is 1. The van der Waals surface area contributed by atoms with E-state index in [-0.39, 0.29) is 0 Å². The van der Waals surface area contributed by atoms with E-state index in [0.29, 0.717) is 5.46 Å². The zero-order chi connectivity index (χ0) is 8.72. The molecule has 0 N–H and O–H groups in total. The first-order valence-electron chi connectivity index (χ1n) is 3.30. The van der Waals surface area contributed by atoms with Gasteiger partial charge >= 0.3 is 0 Å². The van der Waals surface area contributed by atoms with Crippen LogP contribution in [0.3, 0.4) is 0 Å². The normalized spacial score (nSPS) is 10.8. The van der Waals surface area contributed by atoms with Gasteiger partial charge in [-0.2, -0.15) is 0 Å². The number of hydrogen-bond donors (Lipinski definition) is 1. The van der Waals surface area contributed by atoms with E-state index in [2.05, 4.69) is 40.4 Å². The molecule has 5 heteroatoms. The monoisotopic (exact) mass is 286 g/mol. The van der Waals surface area contributed by atoms with Crippen LogP contribution in [-0.2, 0) is 0 Å². The highest BCUT2D eigenvalue weighted by molar-refractivity contribution is 14.1. The Bertz CT molecular complexity index is 440. The molecule has 0 aromatic carbocycles. The smallest absolute Gasteiger partial charge is 0.150 e. The number of hydrogen-bond acceptors (Lipinski definition) is 2. The van der Waals surface area contributed by atoms with Crippen LogP contribution in [0.5, 0.6) is 0 Å². The Labute approximate surface area is 90.5 Å². The maximum absolute atomic E-state index is 5.60. The van der Waals surface area contributed by atoms with Crippen molar-refractivity contribution in [3.05, 3.63) is 22.0 Å². The lowest BCUT2D eigenvalue weighted by molar-refractivity contribution is 1.27. The Balaban J connectivity index is 2.90. The predicted molar refractivity (Wildman–Crippen MR) is 62.2 cm³/mol. The predicted octanol–water partition coefficient (Wildman–Crippen LogP) is 1.13. The van der Waals surface area contributed by atoms with Gasteiger partial charge in [-0.25, -0.2) is 4.98 Å². The van der Waals surface area contributed by atoms with Gasteiger partial charge in [0.15, 0.2) is 5.65 Å². The Kier molecular flexibility index (Phi) is 2.08. The minimum atomic E-state index is 0.681. The molecule has 0 atom stereocenters. The summed E-state index contributed by atoms with van der Waals surface area (Å²) in [5, 5.41) is 1.05. The van der Waals surface area contributed by atoms with E-state index in [0.717, 1.165) is 14.6 Å². The molecule has 2 aromatic rings.